The largest absolute Gasteiger partial charge is 0.454 e. The van der Waals surface area contributed by atoms with E-state index in [1.807, 2.05) is 48.5 Å². The van der Waals surface area contributed by atoms with E-state index >= 15 is 4.39 Å². The number of aryl methyl sites for hydroxylation is 1. The number of ether oxygens (including phenoxy) is 2. The number of ketones is 1. The number of imide groups is 1. The second-order valence-corrected chi connectivity index (χ2v) is 15.3. The summed E-state index contributed by atoms with van der Waals surface area (Å²) in [6.45, 7) is 1.93. The van der Waals surface area contributed by atoms with Crippen molar-refractivity contribution in [1.29, 1.82) is 0 Å². The van der Waals surface area contributed by atoms with Crippen molar-refractivity contribution in [3.05, 3.63) is 155 Å². The lowest BCUT2D eigenvalue weighted by Gasteiger charge is -2.20. The van der Waals surface area contributed by atoms with Crippen molar-refractivity contribution in [2.75, 3.05) is 23.8 Å². The van der Waals surface area contributed by atoms with Gasteiger partial charge in [-0.05, 0) is 89.7 Å². The van der Waals surface area contributed by atoms with Crippen LogP contribution in [0, 0.1) is 18.6 Å². The number of H-pyrrole nitrogens is 1. The van der Waals surface area contributed by atoms with Gasteiger partial charge in [0.05, 0.1) is 34.9 Å². The third-order valence-electron chi connectivity index (χ3n) is 11.6. The number of carbonyl (C=O) groups is 4. The molecule has 2 unspecified atom stereocenters. The smallest absolute Gasteiger partial charge is 0.407 e. The summed E-state index contributed by atoms with van der Waals surface area (Å²) in [4.78, 5) is 59.2. The monoisotopic (exact) mass is 821 g/mol. The Balaban J connectivity index is 0.00000490. The fourth-order valence-corrected chi connectivity index (χ4v) is 8.67. The van der Waals surface area contributed by atoms with E-state index in [0.717, 1.165) is 33.2 Å². The molecule has 7 aromatic rings. The summed E-state index contributed by atoms with van der Waals surface area (Å²) in [6, 6.07) is 28.8. The number of aromatic amines is 1. The van der Waals surface area contributed by atoms with Crippen molar-refractivity contribution in [1.82, 2.24) is 25.0 Å². The average Bonchev–Trinajstić information content (AvgIpc) is 4.07. The van der Waals surface area contributed by atoms with Gasteiger partial charge in [0.25, 0.3) is 5.91 Å². The zero-order valence-corrected chi connectivity index (χ0v) is 32.4. The number of anilines is 2. The lowest BCUT2D eigenvalue weighted by molar-refractivity contribution is -0.119. The predicted octanol–water partition coefficient (Wildman–Crippen LogP) is 8.24. The summed E-state index contributed by atoms with van der Waals surface area (Å²) in [7, 11) is 0. The molecule has 2 fully saturated rings. The Kier molecular flexibility index (Phi) is 8.89. The molecule has 0 radical (unpaired) electrons. The van der Waals surface area contributed by atoms with Crippen LogP contribution in [0.4, 0.5) is 29.9 Å². The van der Waals surface area contributed by atoms with Crippen molar-refractivity contribution in [3.63, 3.8) is 0 Å². The predicted molar refractivity (Wildman–Crippen MR) is 223 cm³/mol. The molecule has 15 heteroatoms. The first kappa shape index (κ1) is 37.5. The first-order valence-electron chi connectivity index (χ1n) is 19.5. The third-order valence-corrected chi connectivity index (χ3v) is 11.6. The summed E-state index contributed by atoms with van der Waals surface area (Å²) in [5, 5.41) is 7.46. The maximum absolute atomic E-state index is 15.7. The average molecular weight is 822 g/mol. The highest BCUT2D eigenvalue weighted by molar-refractivity contribution is 6.22. The fourth-order valence-electron chi connectivity index (χ4n) is 8.67. The van der Waals surface area contributed by atoms with Gasteiger partial charge in [-0.3, -0.25) is 9.59 Å². The van der Waals surface area contributed by atoms with Gasteiger partial charge in [-0.15, -0.1) is 0 Å². The number of para-hydroxylation sites is 1. The Morgan fingerprint density at radius 3 is 2.34 bits per heavy atom. The van der Waals surface area contributed by atoms with E-state index in [1.165, 1.54) is 40.0 Å². The topological polar surface area (TPSA) is 165 Å². The molecule has 4 heterocycles. The van der Waals surface area contributed by atoms with E-state index < -0.39 is 47.5 Å². The van der Waals surface area contributed by atoms with Crippen molar-refractivity contribution in [2.45, 2.75) is 31.3 Å². The standard InChI is InChI=1S/C46H35F2N7O6.H2/c1-24-16-27(61-41-13-7-6-12-34(41)47)14-15-38(24)55-43(49)32(21-50-55)42(56)37-18-25-17-35(48)39(20-36(25)52-37)54-44(57)40-19-26(22-53(40)46(54)59)51-45(58)60-23-33-30-10-4-2-8-28(30)29-9-3-5-11-31(29)33;/h2-18,20-21,26,33,40,52H,19,22-23,49H2,1H3,(H,51,58);1H. The molecule has 5 aromatic carbocycles. The minimum atomic E-state index is -0.916. The Morgan fingerprint density at radius 2 is 1.62 bits per heavy atom. The summed E-state index contributed by atoms with van der Waals surface area (Å²) in [5.74, 6) is -2.13. The van der Waals surface area contributed by atoms with Gasteiger partial charge in [0.15, 0.2) is 11.6 Å². The number of nitrogen functional groups attached to an aromatic ring is 1. The van der Waals surface area contributed by atoms with Gasteiger partial charge < -0.3 is 30.4 Å². The Labute approximate surface area is 347 Å². The van der Waals surface area contributed by atoms with Crippen molar-refractivity contribution < 1.29 is 38.9 Å². The van der Waals surface area contributed by atoms with Gasteiger partial charge in [0.1, 0.15) is 30.0 Å². The van der Waals surface area contributed by atoms with Gasteiger partial charge in [-0.1, -0.05) is 60.7 Å². The molecule has 1 aliphatic carbocycles. The number of rotatable bonds is 9. The number of nitrogens with two attached hydrogens (primary N) is 1. The SMILES string of the molecule is Cc1cc(Oc2ccccc2F)ccc1-n1ncc(C(=O)c2cc3cc(F)c(N4C(=O)C5CC(NC(=O)OCC6c7ccccc7-c7ccccc76)CN5C4=O)cc3[nH]2)c1N.[HH]. The van der Waals surface area contributed by atoms with Gasteiger partial charge in [-0.25, -0.2) is 28.0 Å². The molecule has 61 heavy (non-hydrogen) atoms. The highest BCUT2D eigenvalue weighted by Crippen LogP contribution is 2.44. The van der Waals surface area contributed by atoms with Crippen LogP contribution in [0.1, 0.15) is 46.5 Å². The minimum absolute atomic E-state index is 0. The summed E-state index contributed by atoms with van der Waals surface area (Å²) in [6.07, 6.45) is 0.781. The number of nitrogens with one attached hydrogen (secondary N) is 2. The van der Waals surface area contributed by atoms with Crippen LogP contribution < -0.4 is 20.7 Å². The normalized spacial score (nSPS) is 16.8. The minimum Gasteiger partial charge on any atom is -0.454 e. The zero-order valence-electron chi connectivity index (χ0n) is 32.4. The van der Waals surface area contributed by atoms with Crippen molar-refractivity contribution in [3.8, 4) is 28.3 Å². The van der Waals surface area contributed by atoms with Crippen molar-refractivity contribution >= 4 is 46.2 Å². The highest BCUT2D eigenvalue weighted by atomic mass is 19.1. The highest BCUT2D eigenvalue weighted by Gasteiger charge is 2.52. The first-order chi connectivity index (χ1) is 29.5. The number of nitrogens with zero attached hydrogens (tertiary/aromatic N) is 4. The van der Waals surface area contributed by atoms with Crippen LogP contribution in [0.3, 0.4) is 0 Å². The van der Waals surface area contributed by atoms with Crippen LogP contribution >= 0.6 is 0 Å². The number of benzene rings is 5. The molecule has 4 amide bonds. The summed E-state index contributed by atoms with van der Waals surface area (Å²) >= 11 is 0. The van der Waals surface area contributed by atoms with Gasteiger partial charge in [0, 0.05) is 24.8 Å². The Morgan fingerprint density at radius 1 is 0.902 bits per heavy atom. The number of aromatic nitrogens is 3. The number of hydrogen-bond acceptors (Lipinski definition) is 8. The van der Waals surface area contributed by atoms with Crippen LogP contribution in [0.2, 0.25) is 0 Å². The maximum Gasteiger partial charge on any atom is 0.407 e. The molecule has 2 atom stereocenters. The molecule has 2 saturated heterocycles. The molecule has 10 rings (SSSR count). The van der Waals surface area contributed by atoms with E-state index in [0.29, 0.717) is 27.9 Å². The molecule has 2 aliphatic heterocycles. The number of fused-ring (bicyclic) bond motifs is 5. The van der Waals surface area contributed by atoms with Crippen LogP contribution in [-0.4, -0.2) is 68.7 Å². The molecule has 306 valence electrons. The van der Waals surface area contributed by atoms with Crippen LogP contribution in [0.25, 0.3) is 27.7 Å². The van der Waals surface area contributed by atoms with Crippen LogP contribution in [0.15, 0.2) is 115 Å². The number of urea groups is 1. The van der Waals surface area contributed by atoms with E-state index in [1.54, 1.807) is 37.3 Å². The second-order valence-electron chi connectivity index (χ2n) is 15.3. The van der Waals surface area contributed by atoms with Gasteiger partial charge in [0.2, 0.25) is 5.78 Å². The molecule has 0 saturated carbocycles. The Bertz CT molecular complexity index is 2920. The number of amides is 4. The van der Waals surface area contributed by atoms with E-state index in [-0.39, 0.29) is 55.4 Å². The molecule has 13 nitrogen and oxygen atoms in total. The van der Waals surface area contributed by atoms with Gasteiger partial charge in [-0.2, -0.15) is 5.10 Å². The first-order valence-corrected chi connectivity index (χ1v) is 19.5. The zero-order chi connectivity index (χ0) is 42.1. The fraction of sp³-hybridized carbons (Fsp3) is 0.152. The van der Waals surface area contributed by atoms with Crippen molar-refractivity contribution in [2.24, 2.45) is 0 Å². The Hall–Kier alpha value is -7.81. The quantitative estimate of drug-likeness (QED) is 0.0968. The lowest BCUT2D eigenvalue weighted by Crippen LogP contribution is -2.41. The van der Waals surface area contributed by atoms with Crippen LogP contribution in [0.5, 0.6) is 11.5 Å². The molecular formula is C46H37F2N7O6. The van der Waals surface area contributed by atoms with E-state index in [9.17, 15) is 23.6 Å². The molecule has 4 N–H and O–H groups in total. The molecule has 2 aromatic heterocycles. The summed E-state index contributed by atoms with van der Waals surface area (Å²) in [5.41, 5.74) is 12.2. The molecule has 0 bridgehead atoms. The third kappa shape index (κ3) is 6.32. The number of alkyl carbamates (subject to hydrolysis) is 1. The second kappa shape index (κ2) is 14.5. The van der Waals surface area contributed by atoms with E-state index in [2.05, 4.69) is 15.4 Å². The number of carbonyl (C=O) groups excluding carboxylic acids is 4. The molecule has 0 spiro atoms. The van der Waals surface area contributed by atoms with Gasteiger partial charge >= 0.3 is 12.1 Å². The lowest BCUT2D eigenvalue weighted by atomic mass is 9.98. The number of halogens is 2. The molecule has 3 aliphatic rings. The maximum atomic E-state index is 15.7. The van der Waals surface area contributed by atoms with Crippen LogP contribution in [-0.2, 0) is 9.53 Å². The van der Waals surface area contributed by atoms with E-state index in [4.69, 9.17) is 15.2 Å². The number of hydrogen-bond donors (Lipinski definition) is 3. The summed E-state index contributed by atoms with van der Waals surface area (Å²) < 4.78 is 42.6. The molecular weight excluding hydrogens is 785 g/mol.